The Bertz CT molecular complexity index is 363. The fourth-order valence-electron chi connectivity index (χ4n) is 1.94. The third-order valence-corrected chi connectivity index (χ3v) is 3.01. The molecule has 0 aromatic heterocycles. The minimum absolute atomic E-state index is 0.0228. The minimum atomic E-state index is 0.0228. The molecule has 0 spiro atoms. The molecule has 0 aliphatic heterocycles. The molecule has 0 radical (unpaired) electrons. The molecule has 2 N–H and O–H groups in total. The van der Waals surface area contributed by atoms with E-state index < -0.39 is 0 Å². The summed E-state index contributed by atoms with van der Waals surface area (Å²) in [6.45, 7) is 3.03. The van der Waals surface area contributed by atoms with Crippen LogP contribution in [0.4, 0.5) is 0 Å². The maximum Gasteiger partial charge on any atom is 0.251 e. The van der Waals surface area contributed by atoms with E-state index in [0.29, 0.717) is 6.54 Å². The number of benzene rings is 1. The topological polar surface area (TPSA) is 49.3 Å². The average Bonchev–Trinajstić information content (AvgIpc) is 2.42. The van der Waals surface area contributed by atoms with Crippen molar-refractivity contribution in [2.75, 3.05) is 13.2 Å². The van der Waals surface area contributed by atoms with Gasteiger partial charge in [0, 0.05) is 18.7 Å². The van der Waals surface area contributed by atoms with Gasteiger partial charge in [0.15, 0.2) is 0 Å². The molecule has 3 nitrogen and oxygen atoms in total. The van der Waals surface area contributed by atoms with Gasteiger partial charge in [0.2, 0.25) is 0 Å². The predicted octanol–water partition coefficient (Wildman–Crippen LogP) is 2.53. The average molecular weight is 249 g/mol. The van der Waals surface area contributed by atoms with Crippen LogP contribution in [-0.2, 0) is 6.42 Å². The van der Waals surface area contributed by atoms with Gasteiger partial charge in [-0.25, -0.2) is 0 Å². The summed E-state index contributed by atoms with van der Waals surface area (Å²) in [5.41, 5.74) is 1.88. The Balaban J connectivity index is 2.32. The van der Waals surface area contributed by atoms with Crippen molar-refractivity contribution in [2.24, 2.45) is 0 Å². The van der Waals surface area contributed by atoms with Gasteiger partial charge in [0.05, 0.1) is 0 Å². The monoisotopic (exact) mass is 249 g/mol. The second kappa shape index (κ2) is 8.70. The highest BCUT2D eigenvalue weighted by Gasteiger charge is 2.08. The first-order valence-corrected chi connectivity index (χ1v) is 6.76. The molecule has 0 unspecified atom stereocenters. The van der Waals surface area contributed by atoms with E-state index >= 15 is 0 Å². The smallest absolute Gasteiger partial charge is 0.251 e. The number of amides is 1. The Hall–Kier alpha value is -1.35. The first kappa shape index (κ1) is 14.7. The molecule has 0 bridgehead atoms. The van der Waals surface area contributed by atoms with Crippen LogP contribution in [0.2, 0.25) is 0 Å². The lowest BCUT2D eigenvalue weighted by Crippen LogP contribution is -2.25. The summed E-state index contributed by atoms with van der Waals surface area (Å²) in [5.74, 6) is 0.0228. The number of aryl methyl sites for hydroxylation is 1. The molecule has 1 amide bonds. The molecule has 1 aromatic rings. The molecule has 18 heavy (non-hydrogen) atoms. The molecule has 0 heterocycles. The van der Waals surface area contributed by atoms with E-state index in [9.17, 15) is 4.79 Å². The number of rotatable bonds is 8. The van der Waals surface area contributed by atoms with Gasteiger partial charge in [0.25, 0.3) is 5.91 Å². The van der Waals surface area contributed by atoms with Gasteiger partial charge in [-0.1, -0.05) is 38.0 Å². The molecule has 100 valence electrons. The zero-order valence-electron chi connectivity index (χ0n) is 11.1. The van der Waals surface area contributed by atoms with Crippen LogP contribution in [0.1, 0.15) is 48.5 Å². The SMILES string of the molecule is CCc1ccccc1C(=O)NCCCCCCO. The number of hydrogen-bond donors (Lipinski definition) is 2. The van der Waals surface area contributed by atoms with Crippen molar-refractivity contribution in [3.8, 4) is 0 Å². The van der Waals surface area contributed by atoms with Crippen molar-refractivity contribution in [3.63, 3.8) is 0 Å². The van der Waals surface area contributed by atoms with E-state index in [0.717, 1.165) is 43.2 Å². The van der Waals surface area contributed by atoms with Crippen LogP contribution in [0, 0.1) is 0 Å². The van der Waals surface area contributed by atoms with Crippen molar-refractivity contribution in [3.05, 3.63) is 35.4 Å². The van der Waals surface area contributed by atoms with Crippen LogP contribution >= 0.6 is 0 Å². The summed E-state index contributed by atoms with van der Waals surface area (Å²) in [5, 5.41) is 11.6. The van der Waals surface area contributed by atoms with E-state index in [2.05, 4.69) is 12.2 Å². The Morgan fingerprint density at radius 2 is 1.89 bits per heavy atom. The highest BCUT2D eigenvalue weighted by atomic mass is 16.2. The molecule has 3 heteroatoms. The van der Waals surface area contributed by atoms with E-state index in [1.165, 1.54) is 0 Å². The number of nitrogens with one attached hydrogen (secondary N) is 1. The summed E-state index contributed by atoms with van der Waals surface area (Å²) < 4.78 is 0. The zero-order chi connectivity index (χ0) is 13.2. The first-order valence-electron chi connectivity index (χ1n) is 6.76. The fraction of sp³-hybridized carbons (Fsp3) is 0.533. The largest absolute Gasteiger partial charge is 0.396 e. The van der Waals surface area contributed by atoms with E-state index in [-0.39, 0.29) is 12.5 Å². The predicted molar refractivity (Wildman–Crippen MR) is 73.7 cm³/mol. The van der Waals surface area contributed by atoms with Gasteiger partial charge in [-0.3, -0.25) is 4.79 Å². The number of hydrogen-bond acceptors (Lipinski definition) is 2. The second-order valence-corrected chi connectivity index (χ2v) is 4.40. The molecule has 1 rings (SSSR count). The number of carbonyl (C=O) groups excluding carboxylic acids is 1. The summed E-state index contributed by atoms with van der Waals surface area (Å²) in [6, 6.07) is 7.73. The second-order valence-electron chi connectivity index (χ2n) is 4.40. The lowest BCUT2D eigenvalue weighted by atomic mass is 10.0. The fourth-order valence-corrected chi connectivity index (χ4v) is 1.94. The summed E-state index contributed by atoms with van der Waals surface area (Å²) >= 11 is 0. The lowest BCUT2D eigenvalue weighted by molar-refractivity contribution is 0.0952. The standard InChI is InChI=1S/C15H23NO2/c1-2-13-9-5-6-10-14(13)15(18)16-11-7-3-4-8-12-17/h5-6,9-10,17H,2-4,7-8,11-12H2,1H3,(H,16,18). The van der Waals surface area contributed by atoms with E-state index in [4.69, 9.17) is 5.11 Å². The third-order valence-electron chi connectivity index (χ3n) is 3.01. The Labute approximate surface area is 109 Å². The molecule has 0 aliphatic rings. The van der Waals surface area contributed by atoms with E-state index in [1.807, 2.05) is 24.3 Å². The van der Waals surface area contributed by atoms with Crippen LogP contribution in [0.3, 0.4) is 0 Å². The van der Waals surface area contributed by atoms with Crippen LogP contribution in [0.15, 0.2) is 24.3 Å². The molecule has 0 saturated carbocycles. The number of carbonyl (C=O) groups is 1. The van der Waals surface area contributed by atoms with Crippen LogP contribution in [-0.4, -0.2) is 24.2 Å². The van der Waals surface area contributed by atoms with Crippen LogP contribution in [0.25, 0.3) is 0 Å². The Kier molecular flexibility index (Phi) is 7.11. The molecular formula is C15H23NO2. The Morgan fingerprint density at radius 3 is 2.61 bits per heavy atom. The van der Waals surface area contributed by atoms with Gasteiger partial charge in [-0.05, 0) is 30.9 Å². The summed E-state index contributed by atoms with van der Waals surface area (Å²) in [6.07, 6.45) is 4.78. The van der Waals surface area contributed by atoms with Gasteiger partial charge >= 0.3 is 0 Å². The minimum Gasteiger partial charge on any atom is -0.396 e. The number of aliphatic hydroxyl groups is 1. The molecule has 0 saturated heterocycles. The quantitative estimate of drug-likeness (QED) is 0.696. The number of aliphatic hydroxyl groups excluding tert-OH is 1. The van der Waals surface area contributed by atoms with Crippen molar-refractivity contribution >= 4 is 5.91 Å². The van der Waals surface area contributed by atoms with Gasteiger partial charge in [-0.15, -0.1) is 0 Å². The lowest BCUT2D eigenvalue weighted by Gasteiger charge is -2.08. The first-order chi connectivity index (χ1) is 8.79. The maximum atomic E-state index is 12.0. The molecule has 0 atom stereocenters. The normalized spacial score (nSPS) is 10.3. The summed E-state index contributed by atoms with van der Waals surface area (Å²) in [7, 11) is 0. The van der Waals surface area contributed by atoms with Crippen LogP contribution in [0.5, 0.6) is 0 Å². The Morgan fingerprint density at radius 1 is 1.17 bits per heavy atom. The van der Waals surface area contributed by atoms with Gasteiger partial charge in [-0.2, -0.15) is 0 Å². The van der Waals surface area contributed by atoms with Crippen molar-refractivity contribution in [2.45, 2.75) is 39.0 Å². The zero-order valence-corrected chi connectivity index (χ0v) is 11.1. The molecular weight excluding hydrogens is 226 g/mol. The molecule has 1 aromatic carbocycles. The molecule has 0 fully saturated rings. The van der Waals surface area contributed by atoms with Crippen LogP contribution < -0.4 is 5.32 Å². The van der Waals surface area contributed by atoms with Crippen molar-refractivity contribution in [1.82, 2.24) is 5.32 Å². The van der Waals surface area contributed by atoms with Gasteiger partial charge < -0.3 is 10.4 Å². The van der Waals surface area contributed by atoms with E-state index in [1.54, 1.807) is 0 Å². The van der Waals surface area contributed by atoms with Crippen molar-refractivity contribution < 1.29 is 9.90 Å². The highest BCUT2D eigenvalue weighted by molar-refractivity contribution is 5.95. The maximum absolute atomic E-state index is 12.0. The highest BCUT2D eigenvalue weighted by Crippen LogP contribution is 2.09. The van der Waals surface area contributed by atoms with Crippen molar-refractivity contribution in [1.29, 1.82) is 0 Å². The third kappa shape index (κ3) is 4.88. The summed E-state index contributed by atoms with van der Waals surface area (Å²) in [4.78, 5) is 12.0. The number of unbranched alkanes of at least 4 members (excludes halogenated alkanes) is 3. The van der Waals surface area contributed by atoms with Gasteiger partial charge in [0.1, 0.15) is 0 Å². The molecule has 0 aliphatic carbocycles.